The average molecular weight is 178 g/mol. The van der Waals surface area contributed by atoms with Gasteiger partial charge in [-0.1, -0.05) is 18.2 Å². The van der Waals surface area contributed by atoms with Gasteiger partial charge in [-0.2, -0.15) is 0 Å². The van der Waals surface area contributed by atoms with Gasteiger partial charge >= 0.3 is 6.09 Å². The molecule has 0 spiro atoms. The maximum atomic E-state index is 11.0. The highest BCUT2D eigenvalue weighted by molar-refractivity contribution is 5.84. The zero-order valence-corrected chi connectivity index (χ0v) is 7.32. The third-order valence-electron chi connectivity index (χ3n) is 1.40. The van der Waals surface area contributed by atoms with Gasteiger partial charge in [0, 0.05) is 5.69 Å². The van der Waals surface area contributed by atoms with E-state index in [-0.39, 0.29) is 0 Å². The number of hydrogen-bond donors (Lipinski definition) is 1. The number of rotatable bonds is 3. The van der Waals surface area contributed by atoms with Crippen LogP contribution in [0, 0.1) is 6.92 Å². The number of ether oxygens (including phenoxy) is 1. The molecule has 1 aromatic carbocycles. The van der Waals surface area contributed by atoms with Crippen molar-refractivity contribution in [2.24, 2.45) is 0 Å². The second kappa shape index (κ2) is 5.19. The third-order valence-corrected chi connectivity index (χ3v) is 1.40. The molecule has 1 N–H and O–H groups in total. The number of para-hydroxylation sites is 1. The molecule has 1 amide bonds. The minimum atomic E-state index is -0.435. The highest BCUT2D eigenvalue weighted by Gasteiger charge is 1.99. The van der Waals surface area contributed by atoms with Crippen LogP contribution in [0.4, 0.5) is 10.5 Å². The molecule has 0 aliphatic heterocycles. The Bertz CT molecular complexity index is 259. The number of nitrogens with one attached hydrogen (secondary N) is 1. The molecule has 0 atom stereocenters. The summed E-state index contributed by atoms with van der Waals surface area (Å²) in [5.41, 5.74) is 0.733. The summed E-state index contributed by atoms with van der Waals surface area (Å²) in [7, 11) is 0. The lowest BCUT2D eigenvalue weighted by Gasteiger charge is -2.04. The summed E-state index contributed by atoms with van der Waals surface area (Å²) in [6.45, 7) is 3.91. The zero-order valence-electron chi connectivity index (χ0n) is 7.32. The fourth-order valence-electron chi connectivity index (χ4n) is 0.840. The highest BCUT2D eigenvalue weighted by Crippen LogP contribution is 2.04. The molecule has 0 fully saturated rings. The third kappa shape index (κ3) is 3.60. The van der Waals surface area contributed by atoms with Gasteiger partial charge in [-0.05, 0) is 25.5 Å². The number of hydrogen-bond acceptors (Lipinski definition) is 2. The first-order valence-corrected chi connectivity index (χ1v) is 4.11. The van der Waals surface area contributed by atoms with Gasteiger partial charge in [0.25, 0.3) is 0 Å². The molecule has 3 heteroatoms. The first-order valence-electron chi connectivity index (χ1n) is 4.11. The molecule has 0 aromatic heterocycles. The van der Waals surface area contributed by atoms with Crippen molar-refractivity contribution in [1.29, 1.82) is 0 Å². The van der Waals surface area contributed by atoms with Crippen LogP contribution in [0.25, 0.3) is 0 Å². The minimum Gasteiger partial charge on any atom is -0.449 e. The van der Waals surface area contributed by atoms with Crippen LogP contribution in [0.1, 0.15) is 6.42 Å². The molecule has 0 heterocycles. The largest absolute Gasteiger partial charge is 0.449 e. The van der Waals surface area contributed by atoms with E-state index in [4.69, 9.17) is 4.74 Å². The van der Waals surface area contributed by atoms with Crippen LogP contribution >= 0.6 is 0 Å². The number of carbonyl (C=O) groups excluding carboxylic acids is 1. The molecule has 1 aromatic rings. The Morgan fingerprint density at radius 1 is 1.38 bits per heavy atom. The van der Waals surface area contributed by atoms with Crippen LogP contribution in [0.15, 0.2) is 30.3 Å². The lowest BCUT2D eigenvalue weighted by molar-refractivity contribution is 0.163. The molecule has 0 bridgehead atoms. The van der Waals surface area contributed by atoms with Crippen molar-refractivity contribution in [2.75, 3.05) is 11.9 Å². The number of anilines is 1. The molecule has 3 nitrogen and oxygen atoms in total. The van der Waals surface area contributed by atoms with Crippen LogP contribution in [0.5, 0.6) is 0 Å². The summed E-state index contributed by atoms with van der Waals surface area (Å²) in [4.78, 5) is 11.0. The summed E-state index contributed by atoms with van der Waals surface area (Å²) >= 11 is 0. The average Bonchev–Trinajstić information content (AvgIpc) is 2.16. The Labute approximate surface area is 77.7 Å². The standard InChI is InChI=1S/C10H12NO2/c1-2-8-13-10(12)11-9-6-4-3-5-7-9/h3-7H,1-2,8H2,(H,11,12). The van der Waals surface area contributed by atoms with Crippen molar-refractivity contribution in [3.63, 3.8) is 0 Å². The minimum absolute atomic E-state index is 0.346. The molecule has 0 unspecified atom stereocenters. The van der Waals surface area contributed by atoms with Crippen molar-refractivity contribution in [3.8, 4) is 0 Å². The highest BCUT2D eigenvalue weighted by atomic mass is 16.5. The first-order chi connectivity index (χ1) is 6.33. The Morgan fingerprint density at radius 2 is 2.08 bits per heavy atom. The van der Waals surface area contributed by atoms with Gasteiger partial charge in [-0.25, -0.2) is 4.79 Å². The summed E-state index contributed by atoms with van der Waals surface area (Å²) < 4.78 is 4.78. The monoisotopic (exact) mass is 178 g/mol. The molecular formula is C10H12NO2. The van der Waals surface area contributed by atoms with E-state index in [0.717, 1.165) is 5.69 Å². The van der Waals surface area contributed by atoms with Gasteiger partial charge in [0.1, 0.15) is 0 Å². The van der Waals surface area contributed by atoms with Gasteiger partial charge in [-0.15, -0.1) is 0 Å². The van der Waals surface area contributed by atoms with Crippen molar-refractivity contribution < 1.29 is 9.53 Å². The fraction of sp³-hybridized carbons (Fsp3) is 0.200. The summed E-state index contributed by atoms with van der Waals surface area (Å²) in [6.07, 6.45) is 0.150. The predicted octanol–water partition coefficient (Wildman–Crippen LogP) is 2.46. The molecule has 0 aliphatic rings. The van der Waals surface area contributed by atoms with Crippen molar-refractivity contribution in [2.45, 2.75) is 6.42 Å². The topological polar surface area (TPSA) is 38.3 Å². The van der Waals surface area contributed by atoms with Gasteiger partial charge < -0.3 is 4.74 Å². The molecular weight excluding hydrogens is 166 g/mol. The van der Waals surface area contributed by atoms with Gasteiger partial charge in [-0.3, -0.25) is 5.32 Å². The molecule has 1 radical (unpaired) electrons. The van der Waals surface area contributed by atoms with Gasteiger partial charge in [0.05, 0.1) is 6.61 Å². The first kappa shape index (κ1) is 9.58. The Hall–Kier alpha value is -1.51. The lowest BCUT2D eigenvalue weighted by atomic mass is 10.3. The number of carbonyl (C=O) groups is 1. The maximum Gasteiger partial charge on any atom is 0.411 e. The van der Waals surface area contributed by atoms with Crippen LogP contribution in [0.3, 0.4) is 0 Å². The quantitative estimate of drug-likeness (QED) is 0.772. The summed E-state index contributed by atoms with van der Waals surface area (Å²) in [5, 5.41) is 2.59. The molecule has 0 aliphatic carbocycles. The normalized spacial score (nSPS) is 9.31. The second-order valence-corrected chi connectivity index (χ2v) is 2.48. The SMILES string of the molecule is [CH2]CCOC(=O)Nc1ccccc1. The van der Waals surface area contributed by atoms with E-state index in [0.29, 0.717) is 13.0 Å². The summed E-state index contributed by atoms with van der Waals surface area (Å²) in [6, 6.07) is 9.16. The van der Waals surface area contributed by atoms with E-state index in [1.807, 2.05) is 18.2 Å². The van der Waals surface area contributed by atoms with E-state index in [2.05, 4.69) is 12.2 Å². The van der Waals surface area contributed by atoms with Gasteiger partial charge in [0.2, 0.25) is 0 Å². The second-order valence-electron chi connectivity index (χ2n) is 2.48. The van der Waals surface area contributed by atoms with Crippen molar-refractivity contribution >= 4 is 11.8 Å². The molecule has 69 valence electrons. The smallest absolute Gasteiger partial charge is 0.411 e. The van der Waals surface area contributed by atoms with Gasteiger partial charge in [0.15, 0.2) is 0 Å². The van der Waals surface area contributed by atoms with Crippen LogP contribution < -0.4 is 5.32 Å². The maximum absolute atomic E-state index is 11.0. The van der Waals surface area contributed by atoms with Crippen LogP contribution in [0.2, 0.25) is 0 Å². The lowest BCUT2D eigenvalue weighted by Crippen LogP contribution is -2.13. The van der Waals surface area contributed by atoms with Crippen molar-refractivity contribution in [1.82, 2.24) is 0 Å². The van der Waals surface area contributed by atoms with E-state index in [1.54, 1.807) is 12.1 Å². The van der Waals surface area contributed by atoms with Crippen LogP contribution in [-0.4, -0.2) is 12.7 Å². The van der Waals surface area contributed by atoms with Crippen LogP contribution in [-0.2, 0) is 4.74 Å². The number of benzene rings is 1. The fourth-order valence-corrected chi connectivity index (χ4v) is 0.840. The predicted molar refractivity (Wildman–Crippen MR) is 51.4 cm³/mol. The van der Waals surface area contributed by atoms with E-state index in [1.165, 1.54) is 0 Å². The van der Waals surface area contributed by atoms with E-state index in [9.17, 15) is 4.79 Å². The Kier molecular flexibility index (Phi) is 3.82. The Morgan fingerprint density at radius 3 is 2.69 bits per heavy atom. The molecule has 0 saturated heterocycles. The molecule has 1 rings (SSSR count). The van der Waals surface area contributed by atoms with E-state index < -0.39 is 6.09 Å². The molecule has 0 saturated carbocycles. The number of amides is 1. The summed E-state index contributed by atoms with van der Waals surface area (Å²) in [5.74, 6) is 0. The van der Waals surface area contributed by atoms with E-state index >= 15 is 0 Å². The van der Waals surface area contributed by atoms with Crippen molar-refractivity contribution in [3.05, 3.63) is 37.3 Å². The zero-order chi connectivity index (χ0) is 9.52. The molecule has 13 heavy (non-hydrogen) atoms. The Balaban J connectivity index is 2.37.